The number of aryl methyl sites for hydroxylation is 1. The number of amides is 2. The number of benzene rings is 1. The summed E-state index contributed by atoms with van der Waals surface area (Å²) < 4.78 is 0. The molecule has 1 N–H and O–H groups in total. The van der Waals surface area contributed by atoms with E-state index in [1.807, 2.05) is 43.0 Å². The number of carbonyl (C=O) groups excluding carboxylic acids is 2. The van der Waals surface area contributed by atoms with E-state index in [0.29, 0.717) is 12.0 Å². The fraction of sp³-hybridized carbons (Fsp3) is 0.500. The molecule has 0 saturated carbocycles. The number of piperidine rings is 1. The smallest absolute Gasteiger partial charge is 0.251 e. The van der Waals surface area contributed by atoms with Gasteiger partial charge in [-0.3, -0.25) is 9.59 Å². The molecule has 1 aliphatic heterocycles. The molecule has 1 fully saturated rings. The van der Waals surface area contributed by atoms with Gasteiger partial charge in [0.1, 0.15) is 0 Å². The van der Waals surface area contributed by atoms with Gasteiger partial charge in [0.05, 0.1) is 0 Å². The molecule has 0 atom stereocenters. The summed E-state index contributed by atoms with van der Waals surface area (Å²) in [6.45, 7) is 5.37. The van der Waals surface area contributed by atoms with Crippen LogP contribution in [0.3, 0.4) is 0 Å². The molecule has 1 aliphatic rings. The van der Waals surface area contributed by atoms with Gasteiger partial charge in [0.15, 0.2) is 0 Å². The number of likely N-dealkylation sites (tertiary alicyclic amines) is 1. The third-order valence-corrected chi connectivity index (χ3v) is 3.80. The molecule has 0 unspecified atom stereocenters. The highest BCUT2D eigenvalue weighted by atomic mass is 16.2. The normalized spacial score (nSPS) is 16.0. The predicted molar refractivity (Wildman–Crippen MR) is 78.5 cm³/mol. The molecule has 1 saturated heterocycles. The Morgan fingerprint density at radius 1 is 1.20 bits per heavy atom. The maximum atomic E-state index is 12.1. The number of nitrogens with one attached hydrogen (secondary N) is 1. The molecule has 2 rings (SSSR count). The van der Waals surface area contributed by atoms with Crippen molar-refractivity contribution in [3.8, 4) is 0 Å². The monoisotopic (exact) mass is 274 g/mol. The first kappa shape index (κ1) is 14.6. The summed E-state index contributed by atoms with van der Waals surface area (Å²) >= 11 is 0. The zero-order valence-electron chi connectivity index (χ0n) is 12.2. The molecule has 20 heavy (non-hydrogen) atoms. The molecular formula is C16H22N2O2. The van der Waals surface area contributed by atoms with Crippen LogP contribution in [0.5, 0.6) is 0 Å². The Balaban J connectivity index is 1.85. The van der Waals surface area contributed by atoms with Crippen LogP contribution in [-0.2, 0) is 4.79 Å². The fourth-order valence-electron chi connectivity index (χ4n) is 2.47. The summed E-state index contributed by atoms with van der Waals surface area (Å²) in [7, 11) is 0. The molecule has 0 aliphatic carbocycles. The summed E-state index contributed by atoms with van der Waals surface area (Å²) in [5, 5.41) is 3.06. The molecule has 0 bridgehead atoms. The van der Waals surface area contributed by atoms with Crippen LogP contribution < -0.4 is 5.32 Å². The van der Waals surface area contributed by atoms with E-state index in [2.05, 4.69) is 5.32 Å². The van der Waals surface area contributed by atoms with Gasteiger partial charge in [-0.15, -0.1) is 0 Å². The highest BCUT2D eigenvalue weighted by Crippen LogP contribution is 2.12. The van der Waals surface area contributed by atoms with Crippen molar-refractivity contribution >= 4 is 11.8 Å². The summed E-state index contributed by atoms with van der Waals surface area (Å²) in [4.78, 5) is 25.6. The lowest BCUT2D eigenvalue weighted by Gasteiger charge is -2.32. The quantitative estimate of drug-likeness (QED) is 0.918. The van der Waals surface area contributed by atoms with Gasteiger partial charge in [-0.2, -0.15) is 0 Å². The zero-order chi connectivity index (χ0) is 14.5. The Morgan fingerprint density at radius 2 is 1.80 bits per heavy atom. The van der Waals surface area contributed by atoms with Crippen molar-refractivity contribution in [2.24, 2.45) is 0 Å². The first-order valence-corrected chi connectivity index (χ1v) is 7.25. The van der Waals surface area contributed by atoms with E-state index in [1.54, 1.807) is 0 Å². The average molecular weight is 274 g/mol. The summed E-state index contributed by atoms with van der Waals surface area (Å²) in [5.41, 5.74) is 1.84. The highest BCUT2D eigenvalue weighted by molar-refractivity contribution is 5.94. The fourth-order valence-corrected chi connectivity index (χ4v) is 2.47. The molecule has 0 spiro atoms. The molecule has 4 heteroatoms. The Morgan fingerprint density at radius 3 is 2.35 bits per heavy atom. The highest BCUT2D eigenvalue weighted by Gasteiger charge is 2.23. The summed E-state index contributed by atoms with van der Waals surface area (Å²) in [6.07, 6.45) is 2.23. The van der Waals surface area contributed by atoms with Gasteiger partial charge >= 0.3 is 0 Å². The summed E-state index contributed by atoms with van der Waals surface area (Å²) in [6, 6.07) is 7.75. The van der Waals surface area contributed by atoms with Gasteiger partial charge < -0.3 is 10.2 Å². The molecule has 108 valence electrons. The lowest BCUT2D eigenvalue weighted by Crippen LogP contribution is -2.46. The first-order valence-electron chi connectivity index (χ1n) is 7.25. The minimum Gasteiger partial charge on any atom is -0.349 e. The predicted octanol–water partition coefficient (Wildman–Crippen LogP) is 2.13. The van der Waals surface area contributed by atoms with Crippen LogP contribution in [0.4, 0.5) is 0 Å². The van der Waals surface area contributed by atoms with E-state index in [-0.39, 0.29) is 17.9 Å². The number of carbonyl (C=O) groups is 2. The number of hydrogen-bond acceptors (Lipinski definition) is 2. The van der Waals surface area contributed by atoms with Gasteiger partial charge in [-0.05, 0) is 31.9 Å². The standard InChI is InChI=1S/C16H22N2O2/c1-3-15(19)18-10-8-14(9-11-18)17-16(20)13-6-4-12(2)5-7-13/h4-7,14H,3,8-11H2,1-2H3,(H,17,20). The van der Waals surface area contributed by atoms with E-state index in [0.717, 1.165) is 31.5 Å². The lowest BCUT2D eigenvalue weighted by atomic mass is 10.0. The second-order valence-corrected chi connectivity index (χ2v) is 5.35. The number of nitrogens with zero attached hydrogens (tertiary/aromatic N) is 1. The van der Waals surface area contributed by atoms with E-state index in [4.69, 9.17) is 0 Å². The van der Waals surface area contributed by atoms with Crippen molar-refractivity contribution in [2.75, 3.05) is 13.1 Å². The van der Waals surface area contributed by atoms with Crippen molar-refractivity contribution < 1.29 is 9.59 Å². The third kappa shape index (κ3) is 3.59. The second-order valence-electron chi connectivity index (χ2n) is 5.35. The maximum Gasteiger partial charge on any atom is 0.251 e. The molecule has 2 amide bonds. The molecule has 1 aromatic rings. The second kappa shape index (κ2) is 6.55. The maximum absolute atomic E-state index is 12.1. The van der Waals surface area contributed by atoms with Crippen molar-refractivity contribution in [2.45, 2.75) is 39.2 Å². The van der Waals surface area contributed by atoms with Crippen molar-refractivity contribution in [1.29, 1.82) is 0 Å². The molecule has 0 aromatic heterocycles. The average Bonchev–Trinajstić information content (AvgIpc) is 2.48. The Kier molecular flexibility index (Phi) is 4.77. The molecule has 0 radical (unpaired) electrons. The van der Waals surface area contributed by atoms with Gasteiger partial charge in [0, 0.05) is 31.1 Å². The lowest BCUT2D eigenvalue weighted by molar-refractivity contribution is -0.131. The minimum atomic E-state index is -0.0229. The van der Waals surface area contributed by atoms with Gasteiger partial charge in [0.2, 0.25) is 5.91 Å². The van der Waals surface area contributed by atoms with Crippen LogP contribution in [0.15, 0.2) is 24.3 Å². The first-order chi connectivity index (χ1) is 9.60. The number of rotatable bonds is 3. The van der Waals surface area contributed by atoms with Crippen LogP contribution in [0, 0.1) is 6.92 Å². The van der Waals surface area contributed by atoms with Crippen molar-refractivity contribution in [3.63, 3.8) is 0 Å². The molecule has 4 nitrogen and oxygen atoms in total. The van der Waals surface area contributed by atoms with Crippen LogP contribution in [-0.4, -0.2) is 35.8 Å². The Hall–Kier alpha value is -1.84. The Bertz CT molecular complexity index is 474. The minimum absolute atomic E-state index is 0.0229. The van der Waals surface area contributed by atoms with Gasteiger partial charge in [-0.1, -0.05) is 24.6 Å². The molecular weight excluding hydrogens is 252 g/mol. The summed E-state index contributed by atoms with van der Waals surface area (Å²) in [5.74, 6) is 0.179. The van der Waals surface area contributed by atoms with Crippen LogP contribution in [0.2, 0.25) is 0 Å². The molecule has 1 aromatic carbocycles. The van der Waals surface area contributed by atoms with E-state index < -0.39 is 0 Å². The zero-order valence-corrected chi connectivity index (χ0v) is 12.2. The third-order valence-electron chi connectivity index (χ3n) is 3.80. The van der Waals surface area contributed by atoms with E-state index in [1.165, 1.54) is 0 Å². The van der Waals surface area contributed by atoms with Crippen molar-refractivity contribution in [1.82, 2.24) is 10.2 Å². The van der Waals surface area contributed by atoms with Crippen LogP contribution in [0.1, 0.15) is 42.1 Å². The molecule has 1 heterocycles. The van der Waals surface area contributed by atoms with Gasteiger partial charge in [0.25, 0.3) is 5.91 Å². The van der Waals surface area contributed by atoms with E-state index in [9.17, 15) is 9.59 Å². The number of hydrogen-bond donors (Lipinski definition) is 1. The van der Waals surface area contributed by atoms with Crippen LogP contribution >= 0.6 is 0 Å². The Labute approximate surface area is 120 Å². The van der Waals surface area contributed by atoms with Gasteiger partial charge in [-0.25, -0.2) is 0 Å². The largest absolute Gasteiger partial charge is 0.349 e. The van der Waals surface area contributed by atoms with E-state index >= 15 is 0 Å². The topological polar surface area (TPSA) is 49.4 Å². The van der Waals surface area contributed by atoms with Crippen LogP contribution in [0.25, 0.3) is 0 Å². The SMILES string of the molecule is CCC(=O)N1CCC(NC(=O)c2ccc(C)cc2)CC1. The van der Waals surface area contributed by atoms with Crippen molar-refractivity contribution in [3.05, 3.63) is 35.4 Å².